The van der Waals surface area contributed by atoms with Crippen molar-refractivity contribution in [3.05, 3.63) is 45.6 Å². The first kappa shape index (κ1) is 20.4. The molecule has 0 aliphatic carbocycles. The largest absolute Gasteiger partial charge is 0.573 e. The Labute approximate surface area is 152 Å². The van der Waals surface area contributed by atoms with Crippen molar-refractivity contribution < 1.29 is 35.9 Å². The van der Waals surface area contributed by atoms with E-state index >= 15 is 0 Å². The molecule has 0 bridgehead atoms. The van der Waals surface area contributed by atoms with Crippen LogP contribution in [0.3, 0.4) is 0 Å². The third-order valence-corrected chi connectivity index (χ3v) is 4.26. The third kappa shape index (κ3) is 6.10. The molecule has 26 heavy (non-hydrogen) atoms. The number of carbonyl (C=O) groups is 1. The van der Waals surface area contributed by atoms with Crippen LogP contribution in [0.25, 0.3) is 0 Å². The van der Waals surface area contributed by atoms with E-state index in [0.29, 0.717) is 9.21 Å². The van der Waals surface area contributed by atoms with Crippen molar-refractivity contribution in [1.82, 2.24) is 0 Å². The number of Topliss-reactive ketones (excluding diaryl/α,β-unsaturated/α-hetero) is 1. The maximum atomic E-state index is 12.6. The van der Waals surface area contributed by atoms with Gasteiger partial charge in [-0.2, -0.15) is 13.2 Å². The van der Waals surface area contributed by atoms with Crippen molar-refractivity contribution in [2.45, 2.75) is 19.1 Å². The molecule has 11 heteroatoms. The van der Waals surface area contributed by atoms with Gasteiger partial charge in [0.1, 0.15) is 5.75 Å². The highest BCUT2D eigenvalue weighted by Gasteiger charge is 2.39. The number of rotatable bonds is 6. The number of benzene rings is 1. The normalized spacial score (nSPS) is 12.1. The van der Waals surface area contributed by atoms with Gasteiger partial charge in [-0.15, -0.1) is 24.5 Å². The van der Waals surface area contributed by atoms with Gasteiger partial charge in [0.2, 0.25) is 0 Å². The topological polar surface area (TPSA) is 29.5 Å². The summed E-state index contributed by atoms with van der Waals surface area (Å²) in [6.45, 7) is -1.21. The lowest BCUT2D eigenvalue weighted by Gasteiger charge is -2.24. The molecule has 0 aliphatic rings. The smallest absolute Gasteiger partial charge is 0.406 e. The molecule has 0 atom stereocenters. The molecule has 0 aliphatic heterocycles. The summed E-state index contributed by atoms with van der Waals surface area (Å²) in [5, 5.41) is 0. The molecule has 2 aromatic rings. The van der Waals surface area contributed by atoms with Crippen molar-refractivity contribution in [3.63, 3.8) is 0 Å². The fourth-order valence-electron chi connectivity index (χ4n) is 2.00. The number of anilines is 1. The number of thiophene rings is 1. The van der Waals surface area contributed by atoms with Gasteiger partial charge in [0, 0.05) is 16.6 Å². The molecule has 1 aromatic heterocycles. The predicted octanol–water partition coefficient (Wildman–Crippen LogP) is 5.44. The number of halogens is 7. The number of ether oxygens (including phenoxy) is 1. The molecular weight excluding hydrogens is 408 g/mol. The summed E-state index contributed by atoms with van der Waals surface area (Å²) in [5.74, 6) is -2.63. The molecule has 0 spiro atoms. The van der Waals surface area contributed by atoms with E-state index in [1.54, 1.807) is 6.07 Å². The van der Waals surface area contributed by atoms with Crippen LogP contribution in [-0.4, -0.2) is 24.9 Å². The van der Waals surface area contributed by atoms with Gasteiger partial charge in [-0.05, 0) is 24.3 Å². The van der Waals surface area contributed by atoms with Crippen LogP contribution >= 0.6 is 22.9 Å². The highest BCUT2D eigenvalue weighted by atomic mass is 35.5. The van der Waals surface area contributed by atoms with E-state index in [0.717, 1.165) is 28.4 Å². The van der Waals surface area contributed by atoms with Crippen molar-refractivity contribution in [2.24, 2.45) is 0 Å². The summed E-state index contributed by atoms with van der Waals surface area (Å²) < 4.78 is 79.0. The number of ketones is 1. The van der Waals surface area contributed by atoms with Crippen LogP contribution in [0.15, 0.2) is 36.4 Å². The van der Waals surface area contributed by atoms with Crippen LogP contribution in [0.1, 0.15) is 4.88 Å². The minimum atomic E-state index is -5.06. The predicted molar refractivity (Wildman–Crippen MR) is 84.6 cm³/mol. The van der Waals surface area contributed by atoms with E-state index in [9.17, 15) is 31.1 Å². The van der Waals surface area contributed by atoms with Crippen LogP contribution in [0.4, 0.5) is 32.0 Å². The zero-order valence-electron chi connectivity index (χ0n) is 12.7. The second-order valence-electron chi connectivity index (χ2n) is 5.03. The number of hydrogen-bond acceptors (Lipinski definition) is 4. The van der Waals surface area contributed by atoms with Gasteiger partial charge in [-0.25, -0.2) is 0 Å². The Bertz CT molecular complexity index is 774. The van der Waals surface area contributed by atoms with E-state index in [4.69, 9.17) is 11.6 Å². The van der Waals surface area contributed by atoms with Crippen molar-refractivity contribution in [1.29, 1.82) is 0 Å². The first-order chi connectivity index (χ1) is 11.9. The molecule has 0 saturated carbocycles. The van der Waals surface area contributed by atoms with Crippen LogP contribution in [0.5, 0.6) is 5.75 Å². The van der Waals surface area contributed by atoms with Crippen LogP contribution in [0.2, 0.25) is 4.34 Å². The summed E-state index contributed by atoms with van der Waals surface area (Å²) in [6, 6.07) is 7.45. The summed E-state index contributed by atoms with van der Waals surface area (Å²) in [4.78, 5) is 12.9. The summed E-state index contributed by atoms with van der Waals surface area (Å²) in [6.07, 6.45) is -10.0. The first-order valence-electron chi connectivity index (χ1n) is 6.89. The number of nitrogens with zero attached hydrogens (tertiary/aromatic N) is 1. The molecule has 1 aromatic carbocycles. The Hall–Kier alpha value is -1.94. The summed E-state index contributed by atoms with van der Waals surface area (Å²) in [5.41, 5.74) is -0.0335. The molecule has 0 radical (unpaired) electrons. The summed E-state index contributed by atoms with van der Waals surface area (Å²) in [7, 11) is 0. The Morgan fingerprint density at radius 2 is 1.81 bits per heavy atom. The quantitative estimate of drug-likeness (QED) is 0.586. The van der Waals surface area contributed by atoms with Crippen molar-refractivity contribution in [3.8, 4) is 5.75 Å². The maximum absolute atomic E-state index is 12.6. The van der Waals surface area contributed by atoms with E-state index in [-0.39, 0.29) is 12.2 Å². The van der Waals surface area contributed by atoms with Gasteiger partial charge < -0.3 is 9.64 Å². The minimum absolute atomic E-state index is 0.0335. The van der Waals surface area contributed by atoms with Gasteiger partial charge >= 0.3 is 12.5 Å². The maximum Gasteiger partial charge on any atom is 0.573 e. The Morgan fingerprint density at radius 1 is 1.12 bits per heavy atom. The number of carbonyl (C=O) groups excluding carboxylic acids is 1. The van der Waals surface area contributed by atoms with Gasteiger partial charge in [0.05, 0.1) is 17.4 Å². The van der Waals surface area contributed by atoms with Gasteiger partial charge in [0.25, 0.3) is 5.78 Å². The second-order valence-corrected chi connectivity index (χ2v) is 6.83. The van der Waals surface area contributed by atoms with E-state index < -0.39 is 30.6 Å². The van der Waals surface area contributed by atoms with Crippen LogP contribution in [-0.2, 0) is 11.3 Å². The van der Waals surface area contributed by atoms with E-state index in [1.165, 1.54) is 18.2 Å². The Morgan fingerprint density at radius 3 is 2.35 bits per heavy atom. The van der Waals surface area contributed by atoms with Gasteiger partial charge in [-0.1, -0.05) is 17.7 Å². The lowest BCUT2D eigenvalue weighted by molar-refractivity contribution is -0.274. The number of alkyl halides is 6. The fourth-order valence-corrected chi connectivity index (χ4v) is 3.11. The molecular formula is C15H10ClF6NO2S. The van der Waals surface area contributed by atoms with Gasteiger partial charge in [0.15, 0.2) is 0 Å². The third-order valence-electron chi connectivity index (χ3n) is 3.04. The highest BCUT2D eigenvalue weighted by molar-refractivity contribution is 7.16. The standard InChI is InChI=1S/C15H10ClF6NO2S/c16-13-5-4-11(26-13)7-23(8-12(24)14(17,18)19)9-2-1-3-10(6-9)25-15(20,21)22/h1-6H,7-8H2. The zero-order chi connectivity index (χ0) is 19.5. The molecule has 2 rings (SSSR count). The molecule has 1 heterocycles. The van der Waals surface area contributed by atoms with E-state index in [2.05, 4.69) is 4.74 Å². The van der Waals surface area contributed by atoms with Gasteiger partial charge in [-0.3, -0.25) is 4.79 Å². The van der Waals surface area contributed by atoms with Crippen LogP contribution < -0.4 is 9.64 Å². The van der Waals surface area contributed by atoms with E-state index in [1.807, 2.05) is 0 Å². The molecule has 142 valence electrons. The highest BCUT2D eigenvalue weighted by Crippen LogP contribution is 2.30. The molecule has 0 unspecified atom stereocenters. The SMILES string of the molecule is O=C(CN(Cc1ccc(Cl)s1)c1cccc(OC(F)(F)F)c1)C(F)(F)F. The van der Waals surface area contributed by atoms with Crippen LogP contribution in [0, 0.1) is 0 Å². The number of hydrogen-bond donors (Lipinski definition) is 0. The molecule has 0 saturated heterocycles. The lowest BCUT2D eigenvalue weighted by Crippen LogP contribution is -2.36. The second kappa shape index (κ2) is 7.75. The Kier molecular flexibility index (Phi) is 6.07. The zero-order valence-corrected chi connectivity index (χ0v) is 14.3. The minimum Gasteiger partial charge on any atom is -0.406 e. The monoisotopic (exact) mass is 417 g/mol. The molecule has 3 nitrogen and oxygen atoms in total. The first-order valence-corrected chi connectivity index (χ1v) is 8.08. The lowest BCUT2D eigenvalue weighted by atomic mass is 10.2. The molecule has 0 fully saturated rings. The fraction of sp³-hybridized carbons (Fsp3) is 0.267. The average molecular weight is 418 g/mol. The Balaban J connectivity index is 2.30. The van der Waals surface area contributed by atoms with Crippen molar-refractivity contribution >= 4 is 34.4 Å². The summed E-state index contributed by atoms with van der Waals surface area (Å²) >= 11 is 6.85. The van der Waals surface area contributed by atoms with Crippen molar-refractivity contribution in [2.75, 3.05) is 11.4 Å². The molecule has 0 amide bonds. The average Bonchev–Trinajstić information content (AvgIpc) is 2.89. The molecule has 0 N–H and O–H groups in total.